The summed E-state index contributed by atoms with van der Waals surface area (Å²) in [5.74, 6) is 1.09. The molecule has 0 aromatic carbocycles. The Morgan fingerprint density at radius 1 is 1.42 bits per heavy atom. The lowest BCUT2D eigenvalue weighted by atomic mass is 9.87. The van der Waals surface area contributed by atoms with Gasteiger partial charge in [-0.15, -0.1) is 0 Å². The van der Waals surface area contributed by atoms with Crippen LogP contribution >= 0.6 is 11.8 Å². The fraction of sp³-hybridized carbons (Fsp3) is 0.846. The predicted octanol–water partition coefficient (Wildman–Crippen LogP) is 1.88. The number of nitrogens with zero attached hydrogens (tertiary/aromatic N) is 1. The van der Waals surface area contributed by atoms with E-state index >= 15 is 0 Å². The van der Waals surface area contributed by atoms with Gasteiger partial charge in [0.2, 0.25) is 0 Å². The molecule has 110 valence electrons. The highest BCUT2D eigenvalue weighted by molar-refractivity contribution is 7.99. The molecule has 2 N–H and O–H groups in total. The Labute approximate surface area is 119 Å². The zero-order valence-electron chi connectivity index (χ0n) is 11.9. The van der Waals surface area contributed by atoms with Gasteiger partial charge in [-0.05, 0) is 24.9 Å². The van der Waals surface area contributed by atoms with Crippen molar-refractivity contribution < 1.29 is 14.7 Å². The summed E-state index contributed by atoms with van der Waals surface area (Å²) in [6.45, 7) is 6.93. The Balaban J connectivity index is 2.21. The van der Waals surface area contributed by atoms with Gasteiger partial charge in [-0.25, -0.2) is 4.79 Å². The number of nitrogens with one attached hydrogen (secondary N) is 1. The number of aliphatic carboxylic acids is 1. The third kappa shape index (κ3) is 4.93. The summed E-state index contributed by atoms with van der Waals surface area (Å²) in [4.78, 5) is 24.4. The number of thioether (sulfide) groups is 1. The van der Waals surface area contributed by atoms with Gasteiger partial charge in [0.15, 0.2) is 0 Å². The third-order valence-electron chi connectivity index (χ3n) is 3.56. The van der Waals surface area contributed by atoms with Gasteiger partial charge in [0.05, 0.1) is 5.92 Å². The van der Waals surface area contributed by atoms with E-state index in [1.54, 1.807) is 11.8 Å². The van der Waals surface area contributed by atoms with Crippen molar-refractivity contribution in [1.82, 2.24) is 10.2 Å². The highest BCUT2D eigenvalue weighted by atomic mass is 32.2. The van der Waals surface area contributed by atoms with Crippen LogP contribution in [0.15, 0.2) is 0 Å². The van der Waals surface area contributed by atoms with E-state index in [9.17, 15) is 9.59 Å². The Bertz CT molecular complexity index is 319. The van der Waals surface area contributed by atoms with E-state index in [1.807, 2.05) is 18.7 Å². The van der Waals surface area contributed by atoms with E-state index in [4.69, 9.17) is 5.11 Å². The van der Waals surface area contributed by atoms with Gasteiger partial charge in [-0.2, -0.15) is 11.8 Å². The van der Waals surface area contributed by atoms with E-state index in [0.29, 0.717) is 13.1 Å². The minimum atomic E-state index is -0.782. The lowest BCUT2D eigenvalue weighted by Crippen LogP contribution is -2.57. The summed E-state index contributed by atoms with van der Waals surface area (Å²) < 4.78 is 0. The van der Waals surface area contributed by atoms with Gasteiger partial charge in [0.1, 0.15) is 0 Å². The number of hydrogen-bond acceptors (Lipinski definition) is 3. The zero-order valence-corrected chi connectivity index (χ0v) is 12.7. The second-order valence-electron chi connectivity index (χ2n) is 5.13. The highest BCUT2D eigenvalue weighted by Crippen LogP contribution is 2.24. The Morgan fingerprint density at radius 3 is 2.58 bits per heavy atom. The van der Waals surface area contributed by atoms with Crippen LogP contribution in [0.1, 0.15) is 27.2 Å². The van der Waals surface area contributed by atoms with Gasteiger partial charge in [0, 0.05) is 25.0 Å². The van der Waals surface area contributed by atoms with Crippen molar-refractivity contribution in [3.63, 3.8) is 0 Å². The van der Waals surface area contributed by atoms with Crippen molar-refractivity contribution in [2.24, 2.45) is 11.8 Å². The summed E-state index contributed by atoms with van der Waals surface area (Å²) in [7, 11) is 0. The largest absolute Gasteiger partial charge is 0.481 e. The Morgan fingerprint density at radius 2 is 2.05 bits per heavy atom. The molecule has 2 atom stereocenters. The normalized spacial score (nSPS) is 18.6. The fourth-order valence-electron chi connectivity index (χ4n) is 1.98. The van der Waals surface area contributed by atoms with Gasteiger partial charge >= 0.3 is 12.0 Å². The first-order valence-electron chi connectivity index (χ1n) is 6.81. The molecule has 0 bridgehead atoms. The average molecular weight is 288 g/mol. The smallest absolute Gasteiger partial charge is 0.317 e. The molecule has 0 spiro atoms. The molecule has 19 heavy (non-hydrogen) atoms. The molecule has 2 amide bonds. The van der Waals surface area contributed by atoms with Crippen LogP contribution in [-0.2, 0) is 4.79 Å². The molecule has 1 saturated heterocycles. The molecule has 0 aliphatic carbocycles. The highest BCUT2D eigenvalue weighted by Gasteiger charge is 2.37. The van der Waals surface area contributed by atoms with Crippen LogP contribution in [0.25, 0.3) is 0 Å². The van der Waals surface area contributed by atoms with Gasteiger partial charge in [-0.3, -0.25) is 4.79 Å². The van der Waals surface area contributed by atoms with Crippen molar-refractivity contribution in [2.75, 3.05) is 24.6 Å². The number of hydrogen-bond donors (Lipinski definition) is 2. The fourth-order valence-corrected chi connectivity index (χ4v) is 2.78. The van der Waals surface area contributed by atoms with Crippen LogP contribution < -0.4 is 5.32 Å². The predicted molar refractivity (Wildman–Crippen MR) is 77.5 cm³/mol. The summed E-state index contributed by atoms with van der Waals surface area (Å²) >= 11 is 1.87. The molecule has 2 unspecified atom stereocenters. The molecule has 5 nitrogen and oxygen atoms in total. The summed E-state index contributed by atoms with van der Waals surface area (Å²) in [6, 6.07) is 0.102. The van der Waals surface area contributed by atoms with E-state index < -0.39 is 5.97 Å². The van der Waals surface area contributed by atoms with Crippen LogP contribution in [0, 0.1) is 11.8 Å². The van der Waals surface area contributed by atoms with Gasteiger partial charge in [-0.1, -0.05) is 13.8 Å². The first-order valence-corrected chi connectivity index (χ1v) is 7.97. The van der Waals surface area contributed by atoms with Crippen molar-refractivity contribution in [3.8, 4) is 0 Å². The monoisotopic (exact) mass is 288 g/mol. The molecule has 1 fully saturated rings. The van der Waals surface area contributed by atoms with Crippen LogP contribution in [0.4, 0.5) is 4.79 Å². The van der Waals surface area contributed by atoms with E-state index in [-0.39, 0.29) is 23.9 Å². The number of carboxylic acid groups (broad SMARTS) is 1. The minimum absolute atomic E-state index is 0.0668. The van der Waals surface area contributed by atoms with Gasteiger partial charge < -0.3 is 15.3 Å². The van der Waals surface area contributed by atoms with Crippen LogP contribution in [0.2, 0.25) is 0 Å². The SMILES string of the molecule is CCSCCC(C)NC(=O)N1CC(C(C)C(=O)O)C1. The molecule has 0 radical (unpaired) electrons. The molecule has 0 saturated carbocycles. The van der Waals surface area contributed by atoms with Crippen LogP contribution in [0.5, 0.6) is 0 Å². The molecule has 1 aliphatic heterocycles. The molecule has 0 aromatic heterocycles. The number of rotatable bonds is 7. The number of carboxylic acids is 1. The van der Waals surface area contributed by atoms with Crippen LogP contribution in [-0.4, -0.2) is 52.6 Å². The Hall–Kier alpha value is -0.910. The second-order valence-corrected chi connectivity index (χ2v) is 6.52. The molecular formula is C13H24N2O3S. The van der Waals surface area contributed by atoms with Crippen molar-refractivity contribution in [2.45, 2.75) is 33.2 Å². The van der Waals surface area contributed by atoms with E-state index in [2.05, 4.69) is 12.2 Å². The quantitative estimate of drug-likeness (QED) is 0.702. The molecule has 6 heteroatoms. The summed E-state index contributed by atoms with van der Waals surface area (Å²) in [5.41, 5.74) is 0. The topological polar surface area (TPSA) is 69.6 Å². The molecule has 1 aliphatic rings. The van der Waals surface area contributed by atoms with E-state index in [0.717, 1.165) is 17.9 Å². The van der Waals surface area contributed by atoms with Gasteiger partial charge in [0.25, 0.3) is 0 Å². The maximum atomic E-state index is 11.9. The third-order valence-corrected chi connectivity index (χ3v) is 4.50. The number of likely N-dealkylation sites (tertiary alicyclic amines) is 1. The standard InChI is InChI=1S/C13H24N2O3S/c1-4-19-6-5-9(2)14-13(18)15-7-11(8-15)10(3)12(16)17/h9-11H,4-8H2,1-3H3,(H,14,18)(H,16,17). The lowest BCUT2D eigenvalue weighted by molar-refractivity contribution is -0.144. The maximum absolute atomic E-state index is 11.9. The maximum Gasteiger partial charge on any atom is 0.317 e. The molecule has 1 rings (SSSR count). The lowest BCUT2D eigenvalue weighted by Gasteiger charge is -2.41. The number of carbonyl (C=O) groups is 2. The van der Waals surface area contributed by atoms with Crippen molar-refractivity contribution in [1.29, 1.82) is 0 Å². The number of carbonyl (C=O) groups excluding carboxylic acids is 1. The van der Waals surface area contributed by atoms with Crippen molar-refractivity contribution >= 4 is 23.8 Å². The van der Waals surface area contributed by atoms with Crippen LogP contribution in [0.3, 0.4) is 0 Å². The second kappa shape index (κ2) is 7.62. The zero-order chi connectivity index (χ0) is 14.4. The number of urea groups is 1. The summed E-state index contributed by atoms with van der Waals surface area (Å²) in [5, 5.41) is 11.8. The average Bonchev–Trinajstić information content (AvgIpc) is 2.26. The van der Waals surface area contributed by atoms with Crippen molar-refractivity contribution in [3.05, 3.63) is 0 Å². The Kier molecular flexibility index (Phi) is 6.48. The molecular weight excluding hydrogens is 264 g/mol. The first-order chi connectivity index (χ1) is 8.95. The number of amides is 2. The minimum Gasteiger partial charge on any atom is -0.481 e. The molecule has 1 heterocycles. The van der Waals surface area contributed by atoms with E-state index in [1.165, 1.54) is 0 Å². The summed E-state index contributed by atoms with van der Waals surface area (Å²) in [6.07, 6.45) is 0.965. The molecule has 0 aromatic rings. The first kappa shape index (κ1) is 16.1.